The summed E-state index contributed by atoms with van der Waals surface area (Å²) in [5, 5.41) is 4.01. The van der Waals surface area contributed by atoms with Crippen LogP contribution in [0.4, 0.5) is 0 Å². The molecule has 0 aliphatic carbocycles. The van der Waals surface area contributed by atoms with E-state index < -0.39 is 0 Å². The summed E-state index contributed by atoms with van der Waals surface area (Å²) in [5.41, 5.74) is 0. The number of aromatic nitrogens is 2. The number of para-hydroxylation sites is 1. The minimum atomic E-state index is 0.0660. The maximum Gasteiger partial charge on any atom is 0.231 e. The van der Waals surface area contributed by atoms with Crippen LogP contribution in [0.5, 0.6) is 5.75 Å². The highest BCUT2D eigenvalue weighted by Gasteiger charge is 2.30. The predicted molar refractivity (Wildman–Crippen MR) is 93.1 cm³/mol. The fourth-order valence-corrected chi connectivity index (χ4v) is 3.02. The van der Waals surface area contributed by atoms with E-state index >= 15 is 0 Å². The van der Waals surface area contributed by atoms with E-state index in [9.17, 15) is 4.79 Å². The number of ether oxygens (including phenoxy) is 1. The molecule has 1 aliphatic rings. The SMILES string of the molecule is CCC(C)C(=O)N1CCCC(c2nc(COc3ccccc3)no2)C1. The molecule has 2 atom stereocenters. The van der Waals surface area contributed by atoms with Gasteiger partial charge in [0.05, 0.1) is 5.92 Å². The molecular weight excluding hydrogens is 318 g/mol. The summed E-state index contributed by atoms with van der Waals surface area (Å²) in [7, 11) is 0. The van der Waals surface area contributed by atoms with E-state index in [0.717, 1.165) is 31.6 Å². The van der Waals surface area contributed by atoms with Crippen LogP contribution in [-0.2, 0) is 11.4 Å². The van der Waals surface area contributed by atoms with Crippen molar-refractivity contribution in [1.29, 1.82) is 0 Å². The molecule has 0 N–H and O–H groups in total. The lowest BCUT2D eigenvalue weighted by Gasteiger charge is -2.32. The Bertz CT molecular complexity index is 686. The molecular formula is C19H25N3O3. The van der Waals surface area contributed by atoms with Gasteiger partial charge < -0.3 is 14.2 Å². The molecule has 1 aromatic carbocycles. The monoisotopic (exact) mass is 343 g/mol. The molecule has 1 amide bonds. The van der Waals surface area contributed by atoms with E-state index in [-0.39, 0.29) is 24.3 Å². The van der Waals surface area contributed by atoms with Crippen LogP contribution < -0.4 is 4.74 Å². The molecule has 0 bridgehead atoms. The van der Waals surface area contributed by atoms with E-state index in [4.69, 9.17) is 9.26 Å². The van der Waals surface area contributed by atoms with Gasteiger partial charge >= 0.3 is 0 Å². The minimum absolute atomic E-state index is 0.0660. The number of nitrogens with zero attached hydrogens (tertiary/aromatic N) is 3. The highest BCUT2D eigenvalue weighted by Crippen LogP contribution is 2.27. The summed E-state index contributed by atoms with van der Waals surface area (Å²) in [4.78, 5) is 18.8. The van der Waals surface area contributed by atoms with Gasteiger partial charge in [-0.05, 0) is 31.4 Å². The normalized spacial score (nSPS) is 18.8. The maximum atomic E-state index is 12.4. The van der Waals surface area contributed by atoms with Crippen molar-refractivity contribution in [2.75, 3.05) is 13.1 Å². The van der Waals surface area contributed by atoms with Crippen molar-refractivity contribution in [1.82, 2.24) is 15.0 Å². The van der Waals surface area contributed by atoms with E-state index in [1.165, 1.54) is 0 Å². The summed E-state index contributed by atoms with van der Waals surface area (Å²) >= 11 is 0. The van der Waals surface area contributed by atoms with Crippen molar-refractivity contribution in [2.45, 2.75) is 45.6 Å². The van der Waals surface area contributed by atoms with E-state index in [2.05, 4.69) is 10.1 Å². The third-order valence-corrected chi connectivity index (χ3v) is 4.71. The number of likely N-dealkylation sites (tertiary alicyclic amines) is 1. The molecule has 134 valence electrons. The number of hydrogen-bond acceptors (Lipinski definition) is 5. The van der Waals surface area contributed by atoms with Gasteiger partial charge in [0.25, 0.3) is 0 Å². The van der Waals surface area contributed by atoms with E-state index in [1.54, 1.807) is 0 Å². The predicted octanol–water partition coefficient (Wildman–Crippen LogP) is 3.40. The average Bonchev–Trinajstić information content (AvgIpc) is 3.15. The third kappa shape index (κ3) is 4.38. The van der Waals surface area contributed by atoms with Gasteiger partial charge in [-0.2, -0.15) is 4.98 Å². The fraction of sp³-hybridized carbons (Fsp3) is 0.526. The Labute approximate surface area is 148 Å². The number of hydrogen-bond donors (Lipinski definition) is 0. The first-order valence-electron chi connectivity index (χ1n) is 8.96. The van der Waals surface area contributed by atoms with Crippen LogP contribution in [0.2, 0.25) is 0 Å². The molecule has 2 unspecified atom stereocenters. The summed E-state index contributed by atoms with van der Waals surface area (Å²) in [5.74, 6) is 2.31. The zero-order valence-electron chi connectivity index (χ0n) is 14.9. The van der Waals surface area contributed by atoms with Crippen LogP contribution in [0.3, 0.4) is 0 Å². The van der Waals surface area contributed by atoms with Crippen LogP contribution in [0, 0.1) is 5.92 Å². The zero-order chi connectivity index (χ0) is 17.6. The van der Waals surface area contributed by atoms with Crippen LogP contribution >= 0.6 is 0 Å². The van der Waals surface area contributed by atoms with Crippen molar-refractivity contribution >= 4 is 5.91 Å². The molecule has 6 nitrogen and oxygen atoms in total. The molecule has 6 heteroatoms. The van der Waals surface area contributed by atoms with Gasteiger partial charge in [-0.15, -0.1) is 0 Å². The Kier molecular flexibility index (Phi) is 5.68. The van der Waals surface area contributed by atoms with Crippen LogP contribution in [0.25, 0.3) is 0 Å². The topological polar surface area (TPSA) is 68.5 Å². The molecule has 3 rings (SSSR count). The second-order valence-electron chi connectivity index (χ2n) is 6.58. The van der Waals surface area contributed by atoms with Gasteiger partial charge in [0.1, 0.15) is 5.75 Å². The highest BCUT2D eigenvalue weighted by atomic mass is 16.5. The molecule has 0 saturated carbocycles. The van der Waals surface area contributed by atoms with Crippen LogP contribution in [0.1, 0.15) is 50.7 Å². The first-order valence-corrected chi connectivity index (χ1v) is 8.96. The number of carbonyl (C=O) groups excluding carboxylic acids is 1. The Morgan fingerprint density at radius 2 is 2.20 bits per heavy atom. The third-order valence-electron chi connectivity index (χ3n) is 4.71. The molecule has 1 fully saturated rings. The van der Waals surface area contributed by atoms with Crippen LogP contribution in [0.15, 0.2) is 34.9 Å². The Balaban J connectivity index is 1.58. The van der Waals surface area contributed by atoms with Crippen molar-refractivity contribution in [2.24, 2.45) is 5.92 Å². The number of piperidine rings is 1. The van der Waals surface area contributed by atoms with Crippen molar-refractivity contribution in [3.8, 4) is 5.75 Å². The minimum Gasteiger partial charge on any atom is -0.485 e. The Morgan fingerprint density at radius 3 is 2.96 bits per heavy atom. The summed E-state index contributed by atoms with van der Waals surface area (Å²) in [6.07, 6.45) is 2.79. The second kappa shape index (κ2) is 8.14. The zero-order valence-corrected chi connectivity index (χ0v) is 14.9. The van der Waals surface area contributed by atoms with Crippen molar-refractivity contribution in [3.05, 3.63) is 42.0 Å². The molecule has 2 heterocycles. The molecule has 0 spiro atoms. The van der Waals surface area contributed by atoms with E-state index in [0.29, 0.717) is 18.3 Å². The maximum absolute atomic E-state index is 12.4. The number of rotatable bonds is 6. The Morgan fingerprint density at radius 1 is 1.40 bits per heavy atom. The van der Waals surface area contributed by atoms with Crippen molar-refractivity contribution in [3.63, 3.8) is 0 Å². The summed E-state index contributed by atoms with van der Waals surface area (Å²) in [6, 6.07) is 9.56. The van der Waals surface area contributed by atoms with Gasteiger partial charge in [0.2, 0.25) is 17.6 Å². The van der Waals surface area contributed by atoms with Gasteiger partial charge in [-0.25, -0.2) is 0 Å². The largest absolute Gasteiger partial charge is 0.485 e. The standard InChI is InChI=1S/C19H25N3O3/c1-3-14(2)19(23)22-11-7-8-15(12-22)18-20-17(21-25-18)13-24-16-9-5-4-6-10-16/h4-6,9-10,14-15H,3,7-8,11-13H2,1-2H3. The molecule has 1 aromatic heterocycles. The number of benzene rings is 1. The lowest BCUT2D eigenvalue weighted by atomic mass is 9.96. The molecule has 25 heavy (non-hydrogen) atoms. The van der Waals surface area contributed by atoms with Crippen molar-refractivity contribution < 1.29 is 14.1 Å². The first-order chi connectivity index (χ1) is 12.2. The van der Waals surface area contributed by atoms with Gasteiger partial charge in [0.15, 0.2) is 6.61 Å². The molecule has 2 aromatic rings. The summed E-state index contributed by atoms with van der Waals surface area (Å²) in [6.45, 7) is 5.77. The summed E-state index contributed by atoms with van der Waals surface area (Å²) < 4.78 is 11.1. The first kappa shape index (κ1) is 17.5. The van der Waals surface area contributed by atoms with Gasteiger partial charge in [-0.1, -0.05) is 37.2 Å². The Hall–Kier alpha value is -2.37. The van der Waals surface area contributed by atoms with Gasteiger partial charge in [0, 0.05) is 19.0 Å². The van der Waals surface area contributed by atoms with E-state index in [1.807, 2.05) is 49.1 Å². The van der Waals surface area contributed by atoms with Crippen LogP contribution in [-0.4, -0.2) is 34.0 Å². The lowest BCUT2D eigenvalue weighted by molar-refractivity contribution is -0.136. The average molecular weight is 343 g/mol. The fourth-order valence-electron chi connectivity index (χ4n) is 3.02. The molecule has 1 aliphatic heterocycles. The molecule has 0 radical (unpaired) electrons. The quantitative estimate of drug-likeness (QED) is 0.804. The van der Waals surface area contributed by atoms with Gasteiger partial charge in [-0.3, -0.25) is 4.79 Å². The molecule has 1 saturated heterocycles. The second-order valence-corrected chi connectivity index (χ2v) is 6.58. The highest BCUT2D eigenvalue weighted by molar-refractivity contribution is 5.78. The smallest absolute Gasteiger partial charge is 0.231 e. The number of amides is 1. The lowest BCUT2D eigenvalue weighted by Crippen LogP contribution is -2.41. The number of carbonyl (C=O) groups is 1.